The van der Waals surface area contributed by atoms with E-state index in [1.807, 2.05) is 0 Å². The zero-order valence-electron chi connectivity index (χ0n) is 13.2. The van der Waals surface area contributed by atoms with Crippen molar-refractivity contribution in [2.24, 2.45) is 0 Å². The SMILES string of the molecule is FC(F)(F)C(/C=C/c1ccc(-n2ccnn2)cc1)c1cc(Cl)cc(Cl)c1. The highest BCUT2D eigenvalue weighted by Gasteiger charge is 2.39. The lowest BCUT2D eigenvalue weighted by Gasteiger charge is -2.18. The summed E-state index contributed by atoms with van der Waals surface area (Å²) in [4.78, 5) is 0. The van der Waals surface area contributed by atoms with Crippen molar-refractivity contribution in [2.75, 3.05) is 0 Å². The predicted molar refractivity (Wildman–Crippen MR) is 95.7 cm³/mol. The molecular weight excluding hydrogens is 386 g/mol. The fraction of sp³-hybridized carbons (Fsp3) is 0.111. The summed E-state index contributed by atoms with van der Waals surface area (Å²) in [6, 6.07) is 10.8. The average Bonchev–Trinajstić information content (AvgIpc) is 3.08. The van der Waals surface area contributed by atoms with Crippen LogP contribution >= 0.6 is 23.2 Å². The van der Waals surface area contributed by atoms with Crippen LogP contribution in [0, 0.1) is 0 Å². The third-order valence-electron chi connectivity index (χ3n) is 3.66. The number of allylic oxidation sites excluding steroid dienone is 1. The van der Waals surface area contributed by atoms with E-state index >= 15 is 0 Å². The summed E-state index contributed by atoms with van der Waals surface area (Å²) >= 11 is 11.7. The van der Waals surface area contributed by atoms with E-state index in [1.165, 1.54) is 30.5 Å². The molecule has 3 aromatic rings. The van der Waals surface area contributed by atoms with Crippen LogP contribution in [-0.2, 0) is 0 Å². The van der Waals surface area contributed by atoms with Gasteiger partial charge in [0.1, 0.15) is 0 Å². The van der Waals surface area contributed by atoms with E-state index in [0.717, 1.165) is 11.8 Å². The molecule has 3 rings (SSSR count). The molecule has 8 heteroatoms. The minimum atomic E-state index is -4.47. The molecule has 0 amide bonds. The Balaban J connectivity index is 1.87. The van der Waals surface area contributed by atoms with Crippen molar-refractivity contribution in [2.45, 2.75) is 12.1 Å². The smallest absolute Gasteiger partial charge is 0.221 e. The third kappa shape index (κ3) is 4.45. The molecule has 0 aliphatic carbocycles. The van der Waals surface area contributed by atoms with Gasteiger partial charge in [-0.25, -0.2) is 4.68 Å². The van der Waals surface area contributed by atoms with Gasteiger partial charge in [0.05, 0.1) is 24.0 Å². The molecule has 1 unspecified atom stereocenters. The van der Waals surface area contributed by atoms with Crippen molar-refractivity contribution >= 4 is 29.3 Å². The van der Waals surface area contributed by atoms with E-state index in [1.54, 1.807) is 35.1 Å². The van der Waals surface area contributed by atoms with Crippen LogP contribution in [0.15, 0.2) is 60.9 Å². The zero-order valence-corrected chi connectivity index (χ0v) is 14.7. The van der Waals surface area contributed by atoms with E-state index in [-0.39, 0.29) is 15.6 Å². The Morgan fingerprint density at radius 2 is 1.65 bits per heavy atom. The molecule has 0 N–H and O–H groups in total. The summed E-state index contributed by atoms with van der Waals surface area (Å²) in [5.41, 5.74) is 1.37. The summed E-state index contributed by atoms with van der Waals surface area (Å²) in [5.74, 6) is -1.81. The number of rotatable bonds is 4. The van der Waals surface area contributed by atoms with Gasteiger partial charge < -0.3 is 0 Å². The maximum atomic E-state index is 13.5. The largest absolute Gasteiger partial charge is 0.399 e. The molecule has 0 radical (unpaired) electrons. The summed E-state index contributed by atoms with van der Waals surface area (Å²) in [5, 5.41) is 7.88. The van der Waals surface area contributed by atoms with E-state index in [4.69, 9.17) is 23.2 Å². The highest BCUT2D eigenvalue weighted by molar-refractivity contribution is 6.34. The molecule has 2 aromatic carbocycles. The van der Waals surface area contributed by atoms with Gasteiger partial charge in [0.15, 0.2) is 0 Å². The first-order chi connectivity index (χ1) is 12.3. The maximum absolute atomic E-state index is 13.5. The van der Waals surface area contributed by atoms with Crippen LogP contribution in [0.4, 0.5) is 13.2 Å². The number of nitrogens with zero attached hydrogens (tertiary/aromatic N) is 3. The third-order valence-corrected chi connectivity index (χ3v) is 4.09. The maximum Gasteiger partial charge on any atom is 0.399 e. The predicted octanol–water partition coefficient (Wildman–Crippen LogP) is 5.93. The molecule has 0 aliphatic rings. The minimum absolute atomic E-state index is 0.00881. The Kier molecular flexibility index (Phi) is 5.34. The van der Waals surface area contributed by atoms with Gasteiger partial charge in [-0.1, -0.05) is 52.7 Å². The molecular formula is C18H12Cl2F3N3. The van der Waals surface area contributed by atoms with Crippen LogP contribution in [0.1, 0.15) is 17.0 Å². The topological polar surface area (TPSA) is 30.7 Å². The standard InChI is InChI=1S/C18H12Cl2F3N3/c19-14-9-13(10-15(20)11-14)17(18(21,22)23)6-3-12-1-4-16(5-2-12)26-8-7-24-25-26/h1-11,17H/b6-3+. The lowest BCUT2D eigenvalue weighted by atomic mass is 9.97. The molecule has 0 aliphatic heterocycles. The van der Waals surface area contributed by atoms with Gasteiger partial charge in [-0.3, -0.25) is 0 Å². The first-order valence-electron chi connectivity index (χ1n) is 7.50. The van der Waals surface area contributed by atoms with E-state index < -0.39 is 12.1 Å². The van der Waals surface area contributed by atoms with Crippen LogP contribution in [0.5, 0.6) is 0 Å². The van der Waals surface area contributed by atoms with Gasteiger partial charge >= 0.3 is 6.18 Å². The Morgan fingerprint density at radius 1 is 1.00 bits per heavy atom. The van der Waals surface area contributed by atoms with Gasteiger partial charge in [-0.2, -0.15) is 13.2 Å². The number of hydrogen-bond acceptors (Lipinski definition) is 2. The number of halogens is 5. The first kappa shape index (κ1) is 18.5. The van der Waals surface area contributed by atoms with Crippen LogP contribution in [-0.4, -0.2) is 21.2 Å². The summed E-state index contributed by atoms with van der Waals surface area (Å²) in [6.45, 7) is 0. The monoisotopic (exact) mass is 397 g/mol. The highest BCUT2D eigenvalue weighted by Crippen LogP contribution is 2.38. The average molecular weight is 398 g/mol. The molecule has 134 valence electrons. The molecule has 0 saturated carbocycles. The quantitative estimate of drug-likeness (QED) is 0.545. The van der Waals surface area contributed by atoms with Gasteiger partial charge in [0.2, 0.25) is 0 Å². The Bertz CT molecular complexity index is 884. The molecule has 1 atom stereocenters. The fourth-order valence-electron chi connectivity index (χ4n) is 2.46. The number of benzene rings is 2. The zero-order chi connectivity index (χ0) is 18.7. The van der Waals surface area contributed by atoms with E-state index in [0.29, 0.717) is 5.56 Å². The van der Waals surface area contributed by atoms with Crippen molar-refractivity contribution < 1.29 is 13.2 Å². The van der Waals surface area contributed by atoms with E-state index in [2.05, 4.69) is 10.3 Å². The number of hydrogen-bond donors (Lipinski definition) is 0. The molecule has 26 heavy (non-hydrogen) atoms. The minimum Gasteiger partial charge on any atom is -0.221 e. The number of aromatic nitrogens is 3. The normalized spacial score (nSPS) is 13.3. The summed E-state index contributed by atoms with van der Waals surface area (Å²) in [6.07, 6.45) is 1.25. The second-order valence-corrected chi connectivity index (χ2v) is 6.39. The molecule has 3 nitrogen and oxygen atoms in total. The lowest BCUT2D eigenvalue weighted by Crippen LogP contribution is -2.18. The van der Waals surface area contributed by atoms with Crippen molar-refractivity contribution in [3.05, 3.63) is 82.1 Å². The van der Waals surface area contributed by atoms with Crippen molar-refractivity contribution in [1.29, 1.82) is 0 Å². The highest BCUT2D eigenvalue weighted by atomic mass is 35.5. The second-order valence-electron chi connectivity index (χ2n) is 5.52. The lowest BCUT2D eigenvalue weighted by molar-refractivity contribution is -0.139. The molecule has 0 spiro atoms. The van der Waals surface area contributed by atoms with Crippen LogP contribution in [0.3, 0.4) is 0 Å². The molecule has 0 saturated heterocycles. The van der Waals surface area contributed by atoms with Crippen LogP contribution in [0.2, 0.25) is 10.0 Å². The van der Waals surface area contributed by atoms with Crippen molar-refractivity contribution in [1.82, 2.24) is 15.0 Å². The van der Waals surface area contributed by atoms with Gasteiger partial charge in [-0.05, 0) is 41.5 Å². The Morgan fingerprint density at radius 3 is 2.19 bits per heavy atom. The second kappa shape index (κ2) is 7.51. The molecule has 0 bridgehead atoms. The molecule has 0 fully saturated rings. The van der Waals surface area contributed by atoms with Gasteiger partial charge in [-0.15, -0.1) is 5.10 Å². The summed E-state index contributed by atoms with van der Waals surface area (Å²) in [7, 11) is 0. The number of alkyl halides is 3. The van der Waals surface area contributed by atoms with Crippen LogP contribution in [0.25, 0.3) is 11.8 Å². The Hall–Kier alpha value is -2.31. The van der Waals surface area contributed by atoms with Gasteiger partial charge in [0.25, 0.3) is 0 Å². The molecule has 1 heterocycles. The van der Waals surface area contributed by atoms with E-state index in [9.17, 15) is 13.2 Å². The molecule has 1 aromatic heterocycles. The summed E-state index contributed by atoms with van der Waals surface area (Å²) < 4.78 is 42.0. The van der Waals surface area contributed by atoms with Crippen molar-refractivity contribution in [3.8, 4) is 5.69 Å². The van der Waals surface area contributed by atoms with Crippen molar-refractivity contribution in [3.63, 3.8) is 0 Å². The fourth-order valence-corrected chi connectivity index (χ4v) is 3.00. The van der Waals surface area contributed by atoms with Gasteiger partial charge in [0, 0.05) is 10.0 Å². The Labute approximate surface area is 157 Å². The first-order valence-corrected chi connectivity index (χ1v) is 8.26. The van der Waals surface area contributed by atoms with Crippen LogP contribution < -0.4 is 0 Å².